The Bertz CT molecular complexity index is 1540. The van der Waals surface area contributed by atoms with Crippen molar-refractivity contribution in [3.63, 3.8) is 0 Å². The number of ether oxygens (including phenoxy) is 1. The van der Waals surface area contributed by atoms with E-state index in [9.17, 15) is 9.59 Å². The van der Waals surface area contributed by atoms with Crippen molar-refractivity contribution in [3.05, 3.63) is 123 Å². The molecule has 6 nitrogen and oxygen atoms in total. The molecule has 1 N–H and O–H groups in total. The van der Waals surface area contributed by atoms with Crippen LogP contribution >= 0.6 is 23.2 Å². The number of aryl methyl sites for hydroxylation is 1. The molecule has 0 saturated carbocycles. The minimum atomic E-state index is -0.422. The van der Waals surface area contributed by atoms with E-state index < -0.39 is 6.03 Å². The number of hydrogen-bond acceptors (Lipinski definition) is 3. The second-order valence-electron chi connectivity index (χ2n) is 9.05. The zero-order valence-electron chi connectivity index (χ0n) is 20.9. The van der Waals surface area contributed by atoms with Gasteiger partial charge in [0.15, 0.2) is 0 Å². The fourth-order valence-corrected chi connectivity index (χ4v) is 4.92. The standard InChI is InChI=1S/C30H25Cl2N3O3/c1-19-14-23(15-28-29(36)34(30(37)33-28)17-21-6-4-3-5-7-21)20(2)35(19)25-10-12-26(13-11-25)38-18-22-8-9-24(31)16-27(22)32/h3-16H,17-18H2,1-2H3,(H,33,37)/b28-15+. The Labute approximate surface area is 231 Å². The summed E-state index contributed by atoms with van der Waals surface area (Å²) in [6.07, 6.45) is 1.73. The quantitative estimate of drug-likeness (QED) is 0.199. The van der Waals surface area contributed by atoms with Gasteiger partial charge in [-0.25, -0.2) is 4.79 Å². The van der Waals surface area contributed by atoms with Crippen molar-refractivity contribution < 1.29 is 14.3 Å². The zero-order valence-corrected chi connectivity index (χ0v) is 22.4. The predicted molar refractivity (Wildman–Crippen MR) is 150 cm³/mol. The van der Waals surface area contributed by atoms with Gasteiger partial charge in [-0.2, -0.15) is 0 Å². The van der Waals surface area contributed by atoms with Crippen molar-refractivity contribution >= 4 is 41.2 Å². The third-order valence-corrected chi connectivity index (χ3v) is 7.01. The molecule has 0 unspecified atom stereocenters. The minimum absolute atomic E-state index is 0.223. The summed E-state index contributed by atoms with van der Waals surface area (Å²) in [6.45, 7) is 4.53. The molecule has 8 heteroatoms. The Hall–Kier alpha value is -4.00. The van der Waals surface area contributed by atoms with E-state index in [0.717, 1.165) is 33.8 Å². The van der Waals surface area contributed by atoms with Crippen LogP contribution in [0.5, 0.6) is 5.75 Å². The number of amides is 3. The molecule has 2 heterocycles. The molecule has 0 radical (unpaired) electrons. The van der Waals surface area contributed by atoms with E-state index in [4.69, 9.17) is 27.9 Å². The Balaban J connectivity index is 1.32. The minimum Gasteiger partial charge on any atom is -0.489 e. The van der Waals surface area contributed by atoms with Crippen LogP contribution in [0, 0.1) is 13.8 Å². The molecular formula is C30H25Cl2N3O3. The fourth-order valence-electron chi connectivity index (χ4n) is 4.46. The van der Waals surface area contributed by atoms with Crippen LogP contribution in [0.1, 0.15) is 28.1 Å². The van der Waals surface area contributed by atoms with E-state index in [1.165, 1.54) is 4.90 Å². The highest BCUT2D eigenvalue weighted by atomic mass is 35.5. The zero-order chi connectivity index (χ0) is 26.8. The molecule has 0 bridgehead atoms. The monoisotopic (exact) mass is 545 g/mol. The van der Waals surface area contributed by atoms with Crippen LogP contribution in [0.15, 0.2) is 84.6 Å². The molecular weight excluding hydrogens is 521 g/mol. The molecule has 1 saturated heterocycles. The number of rotatable bonds is 7. The third-order valence-electron chi connectivity index (χ3n) is 6.42. The van der Waals surface area contributed by atoms with Crippen LogP contribution in [-0.2, 0) is 17.9 Å². The summed E-state index contributed by atoms with van der Waals surface area (Å²) in [4.78, 5) is 26.7. The number of carbonyl (C=O) groups is 2. The SMILES string of the molecule is Cc1cc(/C=C2/NC(=O)N(Cc3ccccc3)C2=O)c(C)n1-c1ccc(OCc2ccc(Cl)cc2Cl)cc1. The van der Waals surface area contributed by atoms with Crippen molar-refractivity contribution in [3.8, 4) is 11.4 Å². The largest absolute Gasteiger partial charge is 0.489 e. The summed E-state index contributed by atoms with van der Waals surface area (Å²) in [5.74, 6) is 0.369. The summed E-state index contributed by atoms with van der Waals surface area (Å²) < 4.78 is 8.00. The van der Waals surface area contributed by atoms with Crippen LogP contribution in [0.4, 0.5) is 4.79 Å². The molecule has 5 rings (SSSR count). The number of halogens is 2. The Kier molecular flexibility index (Phi) is 7.27. The van der Waals surface area contributed by atoms with Gasteiger partial charge < -0.3 is 14.6 Å². The van der Waals surface area contributed by atoms with E-state index in [1.54, 1.807) is 18.2 Å². The van der Waals surface area contributed by atoms with E-state index in [2.05, 4.69) is 9.88 Å². The second kappa shape index (κ2) is 10.8. The number of carbonyl (C=O) groups excluding carboxylic acids is 2. The Morgan fingerprint density at radius 2 is 1.66 bits per heavy atom. The van der Waals surface area contributed by atoms with Gasteiger partial charge in [-0.1, -0.05) is 59.6 Å². The molecule has 4 aromatic rings. The summed E-state index contributed by atoms with van der Waals surface area (Å²) in [7, 11) is 0. The molecule has 0 aliphatic carbocycles. The van der Waals surface area contributed by atoms with Gasteiger partial charge in [-0.05, 0) is 73.5 Å². The molecule has 38 heavy (non-hydrogen) atoms. The predicted octanol–water partition coefficient (Wildman–Crippen LogP) is 7.07. The van der Waals surface area contributed by atoms with Gasteiger partial charge in [-0.3, -0.25) is 9.69 Å². The molecule has 0 spiro atoms. The number of hydrogen-bond donors (Lipinski definition) is 1. The van der Waals surface area contributed by atoms with Gasteiger partial charge in [0.25, 0.3) is 5.91 Å². The maximum atomic E-state index is 13.0. The summed E-state index contributed by atoms with van der Waals surface area (Å²) in [5.41, 5.74) is 5.74. The molecule has 1 aliphatic heterocycles. The van der Waals surface area contributed by atoms with Gasteiger partial charge >= 0.3 is 6.03 Å². The van der Waals surface area contributed by atoms with Crippen molar-refractivity contribution in [2.45, 2.75) is 27.0 Å². The fraction of sp³-hybridized carbons (Fsp3) is 0.133. The molecule has 0 atom stereocenters. The second-order valence-corrected chi connectivity index (χ2v) is 9.89. The smallest absolute Gasteiger partial charge is 0.329 e. The van der Waals surface area contributed by atoms with Gasteiger partial charge in [0.05, 0.1) is 6.54 Å². The number of benzene rings is 3. The van der Waals surface area contributed by atoms with Crippen molar-refractivity contribution in [1.82, 2.24) is 14.8 Å². The van der Waals surface area contributed by atoms with Crippen LogP contribution in [0.2, 0.25) is 10.0 Å². The first-order valence-electron chi connectivity index (χ1n) is 12.0. The lowest BCUT2D eigenvalue weighted by Crippen LogP contribution is -2.30. The van der Waals surface area contributed by atoms with Gasteiger partial charge in [0, 0.05) is 32.7 Å². The topological polar surface area (TPSA) is 63.6 Å². The molecule has 3 aromatic carbocycles. The molecule has 1 fully saturated rings. The van der Waals surface area contributed by atoms with E-state index in [0.29, 0.717) is 22.4 Å². The highest BCUT2D eigenvalue weighted by Gasteiger charge is 2.33. The lowest BCUT2D eigenvalue weighted by molar-refractivity contribution is -0.123. The summed E-state index contributed by atoms with van der Waals surface area (Å²) >= 11 is 12.2. The Morgan fingerprint density at radius 1 is 0.921 bits per heavy atom. The average molecular weight is 546 g/mol. The van der Waals surface area contributed by atoms with Crippen LogP contribution < -0.4 is 10.1 Å². The first-order chi connectivity index (χ1) is 18.3. The van der Waals surface area contributed by atoms with Gasteiger partial charge in [0.1, 0.15) is 18.1 Å². The molecule has 3 amide bonds. The highest BCUT2D eigenvalue weighted by molar-refractivity contribution is 6.35. The number of nitrogens with zero attached hydrogens (tertiary/aromatic N) is 2. The van der Waals surface area contributed by atoms with Crippen LogP contribution in [0.3, 0.4) is 0 Å². The number of aromatic nitrogens is 1. The van der Waals surface area contributed by atoms with Crippen molar-refractivity contribution in [2.75, 3.05) is 0 Å². The molecule has 1 aromatic heterocycles. The average Bonchev–Trinajstić information content (AvgIpc) is 3.33. The van der Waals surface area contributed by atoms with Crippen LogP contribution in [0.25, 0.3) is 11.8 Å². The van der Waals surface area contributed by atoms with Crippen molar-refractivity contribution in [2.24, 2.45) is 0 Å². The Morgan fingerprint density at radius 3 is 2.37 bits per heavy atom. The number of urea groups is 1. The first kappa shape index (κ1) is 25.6. The van der Waals surface area contributed by atoms with E-state index >= 15 is 0 Å². The highest BCUT2D eigenvalue weighted by Crippen LogP contribution is 2.27. The lowest BCUT2D eigenvalue weighted by atomic mass is 10.2. The number of imide groups is 1. The lowest BCUT2D eigenvalue weighted by Gasteiger charge is -2.12. The third kappa shape index (κ3) is 5.32. The normalized spacial score (nSPS) is 14.3. The van der Waals surface area contributed by atoms with Gasteiger partial charge in [-0.15, -0.1) is 0 Å². The van der Waals surface area contributed by atoms with E-state index in [-0.39, 0.29) is 18.1 Å². The maximum absolute atomic E-state index is 13.0. The van der Waals surface area contributed by atoms with Gasteiger partial charge in [0.2, 0.25) is 0 Å². The van der Waals surface area contributed by atoms with E-state index in [1.807, 2.05) is 80.6 Å². The van der Waals surface area contributed by atoms with Crippen LogP contribution in [-0.4, -0.2) is 21.4 Å². The maximum Gasteiger partial charge on any atom is 0.329 e. The first-order valence-corrected chi connectivity index (χ1v) is 12.8. The molecule has 192 valence electrons. The molecule has 1 aliphatic rings. The summed E-state index contributed by atoms with van der Waals surface area (Å²) in [6, 6.07) is 24.1. The van der Waals surface area contributed by atoms with Crippen molar-refractivity contribution in [1.29, 1.82) is 0 Å². The number of nitrogens with one attached hydrogen (secondary N) is 1. The summed E-state index contributed by atoms with van der Waals surface area (Å²) in [5, 5.41) is 3.86.